The van der Waals surface area contributed by atoms with Gasteiger partial charge >= 0.3 is 0 Å². The van der Waals surface area contributed by atoms with E-state index in [-0.39, 0.29) is 0 Å². The summed E-state index contributed by atoms with van der Waals surface area (Å²) in [5.41, 5.74) is 2.19. The normalized spacial score (nSPS) is 23.4. The second-order valence-electron chi connectivity index (χ2n) is 5.60. The number of allylic oxidation sites excluding steroid dienone is 2. The van der Waals surface area contributed by atoms with Crippen molar-refractivity contribution in [3.05, 3.63) is 47.5 Å². The molecule has 2 rings (SSSR count). The van der Waals surface area contributed by atoms with Crippen molar-refractivity contribution in [2.24, 2.45) is 5.92 Å². The Labute approximate surface area is 117 Å². The molecule has 1 fully saturated rings. The molecule has 1 aromatic carbocycles. The van der Waals surface area contributed by atoms with Gasteiger partial charge in [-0.1, -0.05) is 24.3 Å². The zero-order chi connectivity index (χ0) is 13.5. The molecule has 0 atom stereocenters. The van der Waals surface area contributed by atoms with Gasteiger partial charge in [-0.2, -0.15) is 5.26 Å². The van der Waals surface area contributed by atoms with E-state index in [0.717, 1.165) is 11.5 Å². The Bertz CT molecular complexity index is 442. The molecule has 0 radical (unpaired) electrons. The predicted octanol–water partition coefficient (Wildman–Crippen LogP) is 5.19. The molecular weight excluding hydrogens is 230 g/mol. The van der Waals surface area contributed by atoms with Crippen LogP contribution < -0.4 is 0 Å². The average molecular weight is 253 g/mol. The summed E-state index contributed by atoms with van der Waals surface area (Å²) in [6, 6.07) is 10.4. The lowest BCUT2D eigenvalue weighted by atomic mass is 9.77. The van der Waals surface area contributed by atoms with Crippen LogP contribution in [-0.2, 0) is 0 Å². The monoisotopic (exact) mass is 253 g/mol. The molecule has 0 unspecified atom stereocenters. The van der Waals surface area contributed by atoms with E-state index in [1.807, 2.05) is 12.1 Å². The molecule has 0 amide bonds. The molecule has 0 N–H and O–H groups in total. The maximum atomic E-state index is 8.82. The zero-order valence-corrected chi connectivity index (χ0v) is 11.8. The zero-order valence-electron chi connectivity index (χ0n) is 11.8. The first-order valence-corrected chi connectivity index (χ1v) is 7.44. The molecule has 19 heavy (non-hydrogen) atoms. The first-order valence-electron chi connectivity index (χ1n) is 7.44. The van der Waals surface area contributed by atoms with Gasteiger partial charge in [0.1, 0.15) is 0 Å². The molecule has 1 nitrogen and oxygen atoms in total. The van der Waals surface area contributed by atoms with E-state index in [1.165, 1.54) is 44.1 Å². The van der Waals surface area contributed by atoms with Crippen molar-refractivity contribution in [3.8, 4) is 6.07 Å². The standard InChI is InChI=1S/C18H23N/c1-2-3-4-5-15-6-10-17(11-7-15)18-12-8-16(14-19)9-13-18/h2-3,8-9,12-13,15,17H,4-7,10-11H2,1H3/b3-2+/t15-,17-. The molecule has 1 saturated carbocycles. The van der Waals surface area contributed by atoms with Crippen molar-refractivity contribution in [1.82, 2.24) is 0 Å². The first-order chi connectivity index (χ1) is 9.33. The molecule has 0 heterocycles. The molecule has 0 saturated heterocycles. The van der Waals surface area contributed by atoms with Crippen molar-refractivity contribution in [2.45, 2.75) is 51.4 Å². The number of hydrogen-bond acceptors (Lipinski definition) is 1. The van der Waals surface area contributed by atoms with Crippen molar-refractivity contribution in [3.63, 3.8) is 0 Å². The van der Waals surface area contributed by atoms with Crippen LogP contribution in [0, 0.1) is 17.2 Å². The van der Waals surface area contributed by atoms with E-state index in [4.69, 9.17) is 5.26 Å². The molecule has 1 aliphatic rings. The molecule has 1 aromatic rings. The van der Waals surface area contributed by atoms with Gasteiger partial charge in [0, 0.05) is 0 Å². The van der Waals surface area contributed by atoms with Gasteiger partial charge in [0.25, 0.3) is 0 Å². The smallest absolute Gasteiger partial charge is 0.0991 e. The van der Waals surface area contributed by atoms with Gasteiger partial charge in [0.2, 0.25) is 0 Å². The van der Waals surface area contributed by atoms with Crippen molar-refractivity contribution < 1.29 is 0 Å². The van der Waals surface area contributed by atoms with Crippen LogP contribution in [0.15, 0.2) is 36.4 Å². The van der Waals surface area contributed by atoms with E-state index in [9.17, 15) is 0 Å². The predicted molar refractivity (Wildman–Crippen MR) is 79.9 cm³/mol. The molecule has 1 aliphatic carbocycles. The number of rotatable bonds is 4. The molecule has 0 spiro atoms. The fraction of sp³-hybridized carbons (Fsp3) is 0.500. The fourth-order valence-electron chi connectivity index (χ4n) is 3.11. The summed E-state index contributed by atoms with van der Waals surface area (Å²) in [5, 5.41) is 8.82. The Kier molecular flexibility index (Phi) is 5.21. The lowest BCUT2D eigenvalue weighted by Crippen LogP contribution is -2.13. The molecule has 0 bridgehead atoms. The summed E-state index contributed by atoms with van der Waals surface area (Å²) in [6.45, 7) is 2.10. The molecule has 100 valence electrons. The third-order valence-corrected chi connectivity index (χ3v) is 4.34. The van der Waals surface area contributed by atoms with Crippen LogP contribution in [0.5, 0.6) is 0 Å². The van der Waals surface area contributed by atoms with Crippen LogP contribution in [0.4, 0.5) is 0 Å². The minimum absolute atomic E-state index is 0.714. The van der Waals surface area contributed by atoms with E-state index in [0.29, 0.717) is 5.92 Å². The first kappa shape index (κ1) is 13.9. The topological polar surface area (TPSA) is 23.8 Å². The largest absolute Gasteiger partial charge is 0.192 e. The van der Waals surface area contributed by atoms with Gasteiger partial charge in [-0.25, -0.2) is 0 Å². The highest BCUT2D eigenvalue weighted by Gasteiger charge is 2.21. The Hall–Kier alpha value is -1.55. The third-order valence-electron chi connectivity index (χ3n) is 4.34. The highest BCUT2D eigenvalue weighted by molar-refractivity contribution is 5.33. The summed E-state index contributed by atoms with van der Waals surface area (Å²) in [7, 11) is 0. The minimum Gasteiger partial charge on any atom is -0.192 e. The number of hydrogen-bond donors (Lipinski definition) is 0. The lowest BCUT2D eigenvalue weighted by molar-refractivity contribution is 0.312. The van der Waals surface area contributed by atoms with E-state index in [2.05, 4.69) is 37.3 Å². The number of nitriles is 1. The van der Waals surface area contributed by atoms with Crippen molar-refractivity contribution >= 4 is 0 Å². The Morgan fingerprint density at radius 3 is 2.42 bits per heavy atom. The van der Waals surface area contributed by atoms with Gasteiger partial charge in [-0.05, 0) is 75.0 Å². The number of benzene rings is 1. The van der Waals surface area contributed by atoms with Crippen LogP contribution in [0.25, 0.3) is 0 Å². The summed E-state index contributed by atoms with van der Waals surface area (Å²) >= 11 is 0. The minimum atomic E-state index is 0.714. The second-order valence-corrected chi connectivity index (χ2v) is 5.60. The molecule has 0 aromatic heterocycles. The Morgan fingerprint density at radius 2 is 1.84 bits per heavy atom. The van der Waals surface area contributed by atoms with Crippen molar-refractivity contribution in [1.29, 1.82) is 5.26 Å². The maximum Gasteiger partial charge on any atom is 0.0991 e. The summed E-state index contributed by atoms with van der Waals surface area (Å²) in [6.07, 6.45) is 12.4. The lowest BCUT2D eigenvalue weighted by Gasteiger charge is -2.28. The Balaban J connectivity index is 1.83. The van der Waals surface area contributed by atoms with E-state index >= 15 is 0 Å². The van der Waals surface area contributed by atoms with E-state index in [1.54, 1.807) is 0 Å². The average Bonchev–Trinajstić information content (AvgIpc) is 2.48. The van der Waals surface area contributed by atoms with Gasteiger partial charge < -0.3 is 0 Å². The number of nitrogens with zero attached hydrogens (tertiary/aromatic N) is 1. The van der Waals surface area contributed by atoms with Gasteiger partial charge in [0.05, 0.1) is 11.6 Å². The second kappa shape index (κ2) is 7.14. The highest BCUT2D eigenvalue weighted by Crippen LogP contribution is 2.37. The highest BCUT2D eigenvalue weighted by atomic mass is 14.3. The summed E-state index contributed by atoms with van der Waals surface area (Å²) in [4.78, 5) is 0. The summed E-state index contributed by atoms with van der Waals surface area (Å²) < 4.78 is 0. The molecule has 0 aliphatic heterocycles. The van der Waals surface area contributed by atoms with Crippen LogP contribution in [0.1, 0.15) is 62.5 Å². The van der Waals surface area contributed by atoms with Crippen LogP contribution in [-0.4, -0.2) is 0 Å². The maximum absolute atomic E-state index is 8.82. The van der Waals surface area contributed by atoms with Crippen LogP contribution in [0.3, 0.4) is 0 Å². The van der Waals surface area contributed by atoms with Crippen molar-refractivity contribution in [2.75, 3.05) is 0 Å². The molecular formula is C18H23N. The quantitative estimate of drug-likeness (QED) is 0.677. The van der Waals surface area contributed by atoms with Crippen LogP contribution in [0.2, 0.25) is 0 Å². The van der Waals surface area contributed by atoms with Gasteiger partial charge in [-0.15, -0.1) is 0 Å². The third kappa shape index (κ3) is 3.96. The van der Waals surface area contributed by atoms with Gasteiger partial charge in [0.15, 0.2) is 0 Å². The Morgan fingerprint density at radius 1 is 1.16 bits per heavy atom. The van der Waals surface area contributed by atoms with Gasteiger partial charge in [-0.3, -0.25) is 0 Å². The molecule has 1 heteroatoms. The summed E-state index contributed by atoms with van der Waals surface area (Å²) in [5.74, 6) is 1.64. The van der Waals surface area contributed by atoms with E-state index < -0.39 is 0 Å². The van der Waals surface area contributed by atoms with Crippen LogP contribution >= 0.6 is 0 Å². The fourth-order valence-corrected chi connectivity index (χ4v) is 3.11. The SMILES string of the molecule is C/C=C/CC[C@H]1CC[C@H](c2ccc(C#N)cc2)CC1.